The highest BCUT2D eigenvalue weighted by Gasteiger charge is 1.95. The third-order valence-corrected chi connectivity index (χ3v) is 2.62. The topological polar surface area (TPSA) is 36.8 Å². The SMILES string of the molecule is CSc1ccc(C[NH2+]CCO)cc1. The van der Waals surface area contributed by atoms with Crippen LogP contribution in [0.3, 0.4) is 0 Å². The number of quaternary nitrogens is 1. The smallest absolute Gasteiger partial charge is 0.101 e. The Kier molecular flexibility index (Phi) is 4.90. The van der Waals surface area contributed by atoms with Gasteiger partial charge in [0.25, 0.3) is 0 Å². The molecule has 13 heavy (non-hydrogen) atoms. The Morgan fingerprint density at radius 1 is 1.31 bits per heavy atom. The zero-order valence-electron chi connectivity index (χ0n) is 7.86. The van der Waals surface area contributed by atoms with Gasteiger partial charge in [0.05, 0.1) is 13.2 Å². The van der Waals surface area contributed by atoms with E-state index in [1.165, 1.54) is 10.5 Å². The zero-order chi connectivity index (χ0) is 9.52. The van der Waals surface area contributed by atoms with E-state index in [4.69, 9.17) is 5.11 Å². The fourth-order valence-electron chi connectivity index (χ4n) is 1.12. The van der Waals surface area contributed by atoms with Crippen LogP contribution in [0, 0.1) is 0 Å². The molecule has 0 aliphatic rings. The molecule has 0 radical (unpaired) electrons. The number of hydrogen-bond donors (Lipinski definition) is 2. The largest absolute Gasteiger partial charge is 0.391 e. The molecule has 0 amide bonds. The lowest BCUT2D eigenvalue weighted by Crippen LogP contribution is -2.83. The summed E-state index contributed by atoms with van der Waals surface area (Å²) < 4.78 is 0. The number of nitrogens with two attached hydrogens (primary N) is 1. The van der Waals surface area contributed by atoms with Crippen LogP contribution in [0.1, 0.15) is 5.56 Å². The highest BCUT2D eigenvalue weighted by molar-refractivity contribution is 7.98. The van der Waals surface area contributed by atoms with Crippen molar-refractivity contribution in [3.63, 3.8) is 0 Å². The Balaban J connectivity index is 2.40. The van der Waals surface area contributed by atoms with E-state index in [1.54, 1.807) is 11.8 Å². The Morgan fingerprint density at radius 2 is 2.00 bits per heavy atom. The highest BCUT2D eigenvalue weighted by atomic mass is 32.2. The summed E-state index contributed by atoms with van der Waals surface area (Å²) in [5, 5.41) is 10.7. The van der Waals surface area contributed by atoms with Crippen LogP contribution in [0.15, 0.2) is 29.2 Å². The number of rotatable bonds is 5. The molecule has 0 atom stereocenters. The van der Waals surface area contributed by atoms with E-state index in [0.717, 1.165) is 13.1 Å². The van der Waals surface area contributed by atoms with Crippen molar-refractivity contribution in [2.75, 3.05) is 19.4 Å². The highest BCUT2D eigenvalue weighted by Crippen LogP contribution is 2.14. The molecular formula is C10H16NOS+. The normalized spacial score (nSPS) is 10.3. The summed E-state index contributed by atoms with van der Waals surface area (Å²) in [5.41, 5.74) is 1.31. The molecule has 0 unspecified atom stereocenters. The van der Waals surface area contributed by atoms with Gasteiger partial charge in [-0.05, 0) is 18.4 Å². The minimum Gasteiger partial charge on any atom is -0.391 e. The van der Waals surface area contributed by atoms with Gasteiger partial charge < -0.3 is 10.4 Å². The van der Waals surface area contributed by atoms with Crippen molar-refractivity contribution in [3.8, 4) is 0 Å². The van der Waals surface area contributed by atoms with Gasteiger partial charge in [0, 0.05) is 10.5 Å². The van der Waals surface area contributed by atoms with E-state index >= 15 is 0 Å². The number of thioether (sulfide) groups is 1. The molecule has 2 nitrogen and oxygen atoms in total. The lowest BCUT2D eigenvalue weighted by atomic mass is 10.2. The molecule has 1 aromatic carbocycles. The minimum atomic E-state index is 0.253. The van der Waals surface area contributed by atoms with Crippen molar-refractivity contribution in [2.24, 2.45) is 0 Å². The first kappa shape index (κ1) is 10.6. The standard InChI is InChI=1S/C10H15NOS/c1-13-10-4-2-9(3-5-10)8-11-6-7-12/h2-5,11-12H,6-8H2,1H3/p+1. The maximum absolute atomic E-state index is 8.59. The van der Waals surface area contributed by atoms with Crippen LogP contribution >= 0.6 is 11.8 Å². The first-order valence-electron chi connectivity index (χ1n) is 4.42. The van der Waals surface area contributed by atoms with Gasteiger partial charge in [-0.3, -0.25) is 0 Å². The molecule has 0 bridgehead atoms. The van der Waals surface area contributed by atoms with Gasteiger partial charge in [-0.1, -0.05) is 12.1 Å². The molecule has 3 heteroatoms. The lowest BCUT2D eigenvalue weighted by molar-refractivity contribution is -0.671. The van der Waals surface area contributed by atoms with E-state index in [1.807, 2.05) is 0 Å². The van der Waals surface area contributed by atoms with Gasteiger partial charge in [0.15, 0.2) is 0 Å². The average Bonchev–Trinajstić information content (AvgIpc) is 2.19. The molecule has 3 N–H and O–H groups in total. The first-order valence-corrected chi connectivity index (χ1v) is 5.64. The summed E-state index contributed by atoms with van der Waals surface area (Å²) in [6.07, 6.45) is 2.08. The second kappa shape index (κ2) is 6.02. The lowest BCUT2D eigenvalue weighted by Gasteiger charge is -2.01. The third kappa shape index (κ3) is 3.81. The monoisotopic (exact) mass is 198 g/mol. The Labute approximate surface area is 83.4 Å². The van der Waals surface area contributed by atoms with Gasteiger partial charge in [-0.25, -0.2) is 0 Å². The molecule has 72 valence electrons. The molecule has 0 aliphatic heterocycles. The molecule has 0 aliphatic carbocycles. The summed E-state index contributed by atoms with van der Waals surface area (Å²) >= 11 is 1.76. The second-order valence-electron chi connectivity index (χ2n) is 2.85. The quantitative estimate of drug-likeness (QED) is 0.533. The van der Waals surface area contributed by atoms with E-state index < -0.39 is 0 Å². The molecule has 0 aromatic heterocycles. The summed E-state index contributed by atoms with van der Waals surface area (Å²) in [4.78, 5) is 1.30. The molecular weight excluding hydrogens is 182 g/mol. The van der Waals surface area contributed by atoms with Crippen LogP contribution in [0.4, 0.5) is 0 Å². The molecule has 0 saturated carbocycles. The predicted octanol–water partition coefficient (Wildman–Crippen LogP) is 0.464. The van der Waals surface area contributed by atoms with Gasteiger partial charge in [0.1, 0.15) is 6.54 Å². The maximum Gasteiger partial charge on any atom is 0.101 e. The van der Waals surface area contributed by atoms with E-state index in [9.17, 15) is 0 Å². The molecule has 0 heterocycles. The van der Waals surface area contributed by atoms with Crippen molar-refractivity contribution in [3.05, 3.63) is 29.8 Å². The van der Waals surface area contributed by atoms with Crippen molar-refractivity contribution in [2.45, 2.75) is 11.4 Å². The second-order valence-corrected chi connectivity index (χ2v) is 3.73. The van der Waals surface area contributed by atoms with Crippen LogP contribution in [-0.4, -0.2) is 24.5 Å². The molecule has 0 saturated heterocycles. The van der Waals surface area contributed by atoms with Crippen molar-refractivity contribution >= 4 is 11.8 Å². The Morgan fingerprint density at radius 3 is 2.54 bits per heavy atom. The zero-order valence-corrected chi connectivity index (χ0v) is 8.68. The first-order chi connectivity index (χ1) is 6.36. The average molecular weight is 198 g/mol. The van der Waals surface area contributed by atoms with Gasteiger partial charge in [-0.15, -0.1) is 11.8 Å². The van der Waals surface area contributed by atoms with Crippen LogP contribution < -0.4 is 5.32 Å². The Hall–Kier alpha value is -0.510. The van der Waals surface area contributed by atoms with Crippen molar-refractivity contribution in [1.29, 1.82) is 0 Å². The summed E-state index contributed by atoms with van der Waals surface area (Å²) in [6.45, 7) is 1.99. The molecule has 1 rings (SSSR count). The van der Waals surface area contributed by atoms with Crippen LogP contribution in [0.25, 0.3) is 0 Å². The minimum absolute atomic E-state index is 0.253. The van der Waals surface area contributed by atoms with E-state index in [0.29, 0.717) is 0 Å². The number of benzene rings is 1. The predicted molar refractivity (Wildman–Crippen MR) is 55.8 cm³/mol. The van der Waals surface area contributed by atoms with Gasteiger partial charge in [-0.2, -0.15) is 0 Å². The summed E-state index contributed by atoms with van der Waals surface area (Å²) in [5.74, 6) is 0. The molecule has 0 spiro atoms. The fourth-order valence-corrected chi connectivity index (χ4v) is 1.53. The fraction of sp³-hybridized carbons (Fsp3) is 0.400. The number of aliphatic hydroxyl groups is 1. The maximum atomic E-state index is 8.59. The van der Waals surface area contributed by atoms with Crippen LogP contribution in [-0.2, 0) is 6.54 Å². The van der Waals surface area contributed by atoms with E-state index in [-0.39, 0.29) is 6.61 Å². The number of aliphatic hydroxyl groups excluding tert-OH is 1. The summed E-state index contributed by atoms with van der Waals surface area (Å²) in [7, 11) is 0. The van der Waals surface area contributed by atoms with Crippen molar-refractivity contribution < 1.29 is 10.4 Å². The van der Waals surface area contributed by atoms with Gasteiger partial charge >= 0.3 is 0 Å². The molecule has 1 aromatic rings. The van der Waals surface area contributed by atoms with Crippen molar-refractivity contribution in [1.82, 2.24) is 0 Å². The van der Waals surface area contributed by atoms with Crippen LogP contribution in [0.2, 0.25) is 0 Å². The Bertz CT molecular complexity index is 235. The number of hydrogen-bond acceptors (Lipinski definition) is 2. The summed E-state index contributed by atoms with van der Waals surface area (Å²) in [6, 6.07) is 8.54. The molecule has 0 fully saturated rings. The third-order valence-electron chi connectivity index (χ3n) is 1.87. The van der Waals surface area contributed by atoms with Gasteiger partial charge in [0.2, 0.25) is 0 Å². The van der Waals surface area contributed by atoms with Crippen LogP contribution in [0.5, 0.6) is 0 Å². The van der Waals surface area contributed by atoms with E-state index in [2.05, 4.69) is 35.8 Å².